The smallest absolute Gasteiger partial charge is 0.315 e. The molecule has 1 aliphatic carbocycles. The van der Waals surface area contributed by atoms with Crippen molar-refractivity contribution in [3.8, 4) is 0 Å². The Morgan fingerprint density at radius 1 is 1.12 bits per heavy atom. The molecule has 0 bridgehead atoms. The van der Waals surface area contributed by atoms with Crippen LogP contribution < -0.4 is 10.6 Å². The molecule has 2 rings (SSSR count). The van der Waals surface area contributed by atoms with Crippen molar-refractivity contribution in [1.82, 2.24) is 10.6 Å². The number of hydrogen-bond donors (Lipinski definition) is 4. The maximum Gasteiger partial charge on any atom is 0.315 e. The van der Waals surface area contributed by atoms with Gasteiger partial charge in [-0.3, -0.25) is 4.79 Å². The second kappa shape index (κ2) is 8.54. The van der Waals surface area contributed by atoms with E-state index in [0.29, 0.717) is 25.7 Å². The molecule has 1 unspecified atom stereocenters. The summed E-state index contributed by atoms with van der Waals surface area (Å²) in [6.45, 7) is 6.53. The third-order valence-electron chi connectivity index (χ3n) is 5.03. The van der Waals surface area contributed by atoms with E-state index in [4.69, 9.17) is 5.11 Å². The summed E-state index contributed by atoms with van der Waals surface area (Å²) < 4.78 is 0. The predicted octanol–water partition coefficient (Wildman–Crippen LogP) is 2.96. The summed E-state index contributed by atoms with van der Waals surface area (Å²) in [5.41, 5.74) is 2.01. The highest BCUT2D eigenvalue weighted by atomic mass is 16.4. The van der Waals surface area contributed by atoms with Crippen molar-refractivity contribution in [2.75, 3.05) is 6.54 Å². The molecule has 4 N–H and O–H groups in total. The van der Waals surface area contributed by atoms with Gasteiger partial charge in [0.05, 0.1) is 12.0 Å². The molecular formula is C20H30N2O4. The summed E-state index contributed by atoms with van der Waals surface area (Å²) in [6, 6.07) is 7.44. The number of urea groups is 1. The Morgan fingerprint density at radius 3 is 2.19 bits per heavy atom. The molecule has 144 valence electrons. The zero-order valence-electron chi connectivity index (χ0n) is 15.8. The normalized spacial score (nSPS) is 21.7. The Morgan fingerprint density at radius 2 is 1.69 bits per heavy atom. The Labute approximate surface area is 155 Å². The lowest BCUT2D eigenvalue weighted by Gasteiger charge is -2.27. The lowest BCUT2D eigenvalue weighted by molar-refractivity contribution is -0.142. The molecule has 0 spiro atoms. The summed E-state index contributed by atoms with van der Waals surface area (Å²) in [5, 5.41) is 24.8. The largest absolute Gasteiger partial charge is 0.481 e. The molecule has 1 aliphatic rings. The molecule has 0 heterocycles. The predicted molar refractivity (Wildman–Crippen MR) is 100 cm³/mol. The lowest BCUT2D eigenvalue weighted by Crippen LogP contribution is -2.45. The minimum absolute atomic E-state index is 0.00573. The molecule has 1 atom stereocenters. The van der Waals surface area contributed by atoms with Gasteiger partial charge >= 0.3 is 12.0 Å². The molecule has 1 fully saturated rings. The fraction of sp³-hybridized carbons (Fsp3) is 0.600. The fourth-order valence-electron chi connectivity index (χ4n) is 3.23. The first-order chi connectivity index (χ1) is 12.2. The van der Waals surface area contributed by atoms with E-state index in [1.54, 1.807) is 0 Å². The van der Waals surface area contributed by atoms with Crippen LogP contribution >= 0.6 is 0 Å². The second-order valence-corrected chi connectivity index (χ2v) is 8.13. The van der Waals surface area contributed by atoms with Gasteiger partial charge in [-0.2, -0.15) is 0 Å². The highest BCUT2D eigenvalue weighted by molar-refractivity contribution is 5.74. The highest BCUT2D eigenvalue weighted by Crippen LogP contribution is 2.25. The molecule has 1 aromatic rings. The zero-order valence-corrected chi connectivity index (χ0v) is 15.8. The monoisotopic (exact) mass is 362 g/mol. The van der Waals surface area contributed by atoms with Gasteiger partial charge in [0.1, 0.15) is 0 Å². The molecule has 6 nitrogen and oxygen atoms in total. The van der Waals surface area contributed by atoms with E-state index in [-0.39, 0.29) is 30.0 Å². The van der Waals surface area contributed by atoms with Crippen molar-refractivity contribution in [1.29, 1.82) is 0 Å². The zero-order chi connectivity index (χ0) is 19.3. The summed E-state index contributed by atoms with van der Waals surface area (Å²) >= 11 is 0. The molecule has 0 radical (unpaired) electrons. The van der Waals surface area contributed by atoms with E-state index < -0.39 is 12.1 Å². The summed E-state index contributed by atoms with van der Waals surface area (Å²) in [4.78, 5) is 22.9. The van der Waals surface area contributed by atoms with Gasteiger partial charge in [-0.25, -0.2) is 4.79 Å². The lowest BCUT2D eigenvalue weighted by atomic mass is 9.86. The Hall–Kier alpha value is -2.08. The highest BCUT2D eigenvalue weighted by Gasteiger charge is 2.26. The van der Waals surface area contributed by atoms with Crippen molar-refractivity contribution in [2.45, 2.75) is 64.0 Å². The molecule has 0 saturated heterocycles. The number of carboxylic acids is 1. The third kappa shape index (κ3) is 5.73. The number of nitrogens with one attached hydrogen (secondary N) is 2. The Bertz CT molecular complexity index is 614. The number of aliphatic hydroxyl groups is 1. The SMILES string of the molecule is CC(C)(C)c1ccc(C(O)CNC(=O)NC2CCC(C(=O)O)CC2)cc1. The molecule has 0 aromatic heterocycles. The van der Waals surface area contributed by atoms with Crippen molar-refractivity contribution >= 4 is 12.0 Å². The van der Waals surface area contributed by atoms with Crippen LogP contribution in [0.25, 0.3) is 0 Å². The fourth-order valence-corrected chi connectivity index (χ4v) is 3.23. The number of carboxylic acid groups (broad SMARTS) is 1. The number of amides is 2. The van der Waals surface area contributed by atoms with Crippen molar-refractivity contribution < 1.29 is 19.8 Å². The van der Waals surface area contributed by atoms with Crippen molar-refractivity contribution in [3.05, 3.63) is 35.4 Å². The quantitative estimate of drug-likeness (QED) is 0.647. The van der Waals surface area contributed by atoms with Crippen LogP contribution in [0.3, 0.4) is 0 Å². The number of hydrogen-bond acceptors (Lipinski definition) is 3. The number of rotatable bonds is 5. The molecule has 2 amide bonds. The van der Waals surface area contributed by atoms with Gasteiger partial charge in [0, 0.05) is 12.6 Å². The van der Waals surface area contributed by atoms with Gasteiger partial charge in [0.15, 0.2) is 0 Å². The summed E-state index contributed by atoms with van der Waals surface area (Å²) in [7, 11) is 0. The van der Waals surface area contributed by atoms with Crippen LogP contribution in [0.2, 0.25) is 0 Å². The second-order valence-electron chi connectivity index (χ2n) is 8.13. The van der Waals surface area contributed by atoms with Gasteiger partial charge in [-0.1, -0.05) is 45.0 Å². The topological polar surface area (TPSA) is 98.7 Å². The molecular weight excluding hydrogens is 332 g/mol. The first-order valence-electron chi connectivity index (χ1n) is 9.22. The number of carbonyl (C=O) groups excluding carboxylic acids is 1. The minimum atomic E-state index is -0.766. The minimum Gasteiger partial charge on any atom is -0.481 e. The van der Waals surface area contributed by atoms with Crippen LogP contribution in [-0.2, 0) is 10.2 Å². The van der Waals surface area contributed by atoms with Gasteiger partial charge in [0.2, 0.25) is 0 Å². The van der Waals surface area contributed by atoms with Gasteiger partial charge in [-0.15, -0.1) is 0 Å². The van der Waals surface area contributed by atoms with Gasteiger partial charge < -0.3 is 20.8 Å². The van der Waals surface area contributed by atoms with E-state index in [9.17, 15) is 14.7 Å². The molecule has 1 aromatic carbocycles. The molecule has 6 heteroatoms. The molecule has 26 heavy (non-hydrogen) atoms. The standard InChI is InChI=1S/C20H30N2O4/c1-20(2,3)15-8-4-13(5-9-15)17(23)12-21-19(26)22-16-10-6-14(7-11-16)18(24)25/h4-5,8-9,14,16-17,23H,6-7,10-12H2,1-3H3,(H,24,25)(H2,21,22,26). The third-order valence-corrected chi connectivity index (χ3v) is 5.03. The first-order valence-corrected chi connectivity index (χ1v) is 9.22. The van der Waals surface area contributed by atoms with Crippen LogP contribution in [0, 0.1) is 5.92 Å². The average molecular weight is 362 g/mol. The van der Waals surface area contributed by atoms with E-state index in [1.807, 2.05) is 24.3 Å². The van der Waals surface area contributed by atoms with E-state index in [1.165, 1.54) is 5.56 Å². The first kappa shape index (κ1) is 20.2. The number of carbonyl (C=O) groups is 2. The summed E-state index contributed by atoms with van der Waals surface area (Å²) in [5.74, 6) is -1.05. The van der Waals surface area contributed by atoms with Gasteiger partial charge in [0.25, 0.3) is 0 Å². The van der Waals surface area contributed by atoms with Gasteiger partial charge in [-0.05, 0) is 42.2 Å². The van der Waals surface area contributed by atoms with Crippen molar-refractivity contribution in [3.63, 3.8) is 0 Å². The van der Waals surface area contributed by atoms with Crippen LogP contribution in [0.4, 0.5) is 4.79 Å². The van der Waals surface area contributed by atoms with Crippen LogP contribution in [-0.4, -0.2) is 34.8 Å². The van der Waals surface area contributed by atoms with E-state index in [0.717, 1.165) is 5.56 Å². The molecule has 1 saturated carbocycles. The number of aliphatic carboxylic acids is 1. The summed E-state index contributed by atoms with van der Waals surface area (Å²) in [6.07, 6.45) is 1.74. The Balaban J connectivity index is 1.76. The Kier molecular flexibility index (Phi) is 6.64. The number of benzene rings is 1. The van der Waals surface area contributed by atoms with Crippen LogP contribution in [0.15, 0.2) is 24.3 Å². The van der Waals surface area contributed by atoms with Crippen molar-refractivity contribution in [2.24, 2.45) is 5.92 Å². The van der Waals surface area contributed by atoms with Crippen LogP contribution in [0.1, 0.15) is 63.7 Å². The van der Waals surface area contributed by atoms with E-state index >= 15 is 0 Å². The maximum absolute atomic E-state index is 12.0. The average Bonchev–Trinajstić information content (AvgIpc) is 2.59. The maximum atomic E-state index is 12.0. The number of aliphatic hydroxyl groups excluding tert-OH is 1. The van der Waals surface area contributed by atoms with E-state index in [2.05, 4.69) is 31.4 Å². The molecule has 0 aliphatic heterocycles. The van der Waals surface area contributed by atoms with Crippen LogP contribution in [0.5, 0.6) is 0 Å².